The lowest BCUT2D eigenvalue weighted by Crippen LogP contribution is -2.27. The van der Waals surface area contributed by atoms with Crippen LogP contribution in [0.25, 0.3) is 11.3 Å². The zero-order valence-corrected chi connectivity index (χ0v) is 13.2. The number of nitrogens with one attached hydrogen (secondary N) is 2. The third-order valence-electron chi connectivity index (χ3n) is 3.29. The summed E-state index contributed by atoms with van der Waals surface area (Å²) >= 11 is 0. The molecule has 0 spiro atoms. The summed E-state index contributed by atoms with van der Waals surface area (Å²) in [5.74, 6) is -0.160. The number of nitrogens with zero attached hydrogens (tertiary/aromatic N) is 3. The van der Waals surface area contributed by atoms with Crippen LogP contribution in [0, 0.1) is 0 Å². The number of aromatic nitrogens is 3. The molecule has 3 rings (SSSR count). The second-order valence-corrected chi connectivity index (χ2v) is 5.11. The van der Waals surface area contributed by atoms with Gasteiger partial charge in [0.25, 0.3) is 5.91 Å². The van der Waals surface area contributed by atoms with E-state index in [0.717, 1.165) is 5.56 Å². The maximum atomic E-state index is 12.0. The predicted octanol–water partition coefficient (Wildman–Crippen LogP) is 1.89. The SMILES string of the molecule is O=C(CCNC(=O)c1cc(-c2cccnc2)on1)Nc1ccncc1. The van der Waals surface area contributed by atoms with Crippen molar-refractivity contribution in [3.63, 3.8) is 0 Å². The minimum atomic E-state index is -0.407. The third-order valence-corrected chi connectivity index (χ3v) is 3.29. The summed E-state index contributed by atoms with van der Waals surface area (Å²) in [5.41, 5.74) is 1.53. The molecule has 3 heterocycles. The van der Waals surface area contributed by atoms with Gasteiger partial charge in [0.2, 0.25) is 5.91 Å². The average molecular weight is 337 g/mol. The van der Waals surface area contributed by atoms with E-state index in [0.29, 0.717) is 11.4 Å². The molecule has 8 nitrogen and oxygen atoms in total. The lowest BCUT2D eigenvalue weighted by Gasteiger charge is -2.05. The number of rotatable bonds is 6. The van der Waals surface area contributed by atoms with Gasteiger partial charge in [-0.25, -0.2) is 0 Å². The molecule has 0 fully saturated rings. The van der Waals surface area contributed by atoms with Crippen LogP contribution >= 0.6 is 0 Å². The summed E-state index contributed by atoms with van der Waals surface area (Å²) in [6.45, 7) is 0.185. The van der Waals surface area contributed by atoms with Crippen LogP contribution in [-0.4, -0.2) is 33.5 Å². The molecule has 3 aromatic rings. The van der Waals surface area contributed by atoms with Gasteiger partial charge < -0.3 is 15.2 Å². The molecule has 3 aromatic heterocycles. The molecular formula is C17H15N5O3. The van der Waals surface area contributed by atoms with Gasteiger partial charge in [-0.2, -0.15) is 0 Å². The third kappa shape index (κ3) is 4.47. The predicted molar refractivity (Wildman–Crippen MR) is 89.6 cm³/mol. The van der Waals surface area contributed by atoms with E-state index >= 15 is 0 Å². The van der Waals surface area contributed by atoms with Crippen molar-refractivity contribution in [3.8, 4) is 11.3 Å². The van der Waals surface area contributed by atoms with Crippen molar-refractivity contribution in [2.75, 3.05) is 11.9 Å². The fraction of sp³-hybridized carbons (Fsp3) is 0.118. The van der Waals surface area contributed by atoms with Crippen molar-refractivity contribution < 1.29 is 14.1 Å². The molecule has 2 N–H and O–H groups in total. The van der Waals surface area contributed by atoms with Crippen LogP contribution in [0.3, 0.4) is 0 Å². The number of hydrogen-bond donors (Lipinski definition) is 2. The second-order valence-electron chi connectivity index (χ2n) is 5.11. The van der Waals surface area contributed by atoms with E-state index in [9.17, 15) is 9.59 Å². The van der Waals surface area contributed by atoms with E-state index in [2.05, 4.69) is 25.8 Å². The lowest BCUT2D eigenvalue weighted by atomic mass is 10.2. The molecule has 0 aliphatic rings. The molecule has 0 aliphatic heterocycles. The first-order chi connectivity index (χ1) is 12.2. The number of hydrogen-bond acceptors (Lipinski definition) is 6. The summed E-state index contributed by atoms with van der Waals surface area (Å²) in [7, 11) is 0. The Bertz CT molecular complexity index is 849. The standard InChI is InChI=1S/C17H15N5O3/c23-16(21-13-3-7-18-8-4-13)5-9-20-17(24)14-10-15(25-22-14)12-2-1-6-19-11-12/h1-4,6-8,10-11H,5,9H2,(H,20,24)(H,18,21,23). The molecule has 0 radical (unpaired) electrons. The van der Waals surface area contributed by atoms with E-state index in [4.69, 9.17) is 4.52 Å². The molecule has 2 amide bonds. The van der Waals surface area contributed by atoms with E-state index in [1.807, 2.05) is 0 Å². The Labute approximate surface area is 143 Å². The quantitative estimate of drug-likeness (QED) is 0.711. The van der Waals surface area contributed by atoms with Gasteiger partial charge in [-0.15, -0.1) is 0 Å². The smallest absolute Gasteiger partial charge is 0.273 e. The van der Waals surface area contributed by atoms with Gasteiger partial charge in [0.1, 0.15) is 0 Å². The summed E-state index contributed by atoms with van der Waals surface area (Å²) in [4.78, 5) is 31.7. The normalized spacial score (nSPS) is 10.2. The summed E-state index contributed by atoms with van der Waals surface area (Å²) in [6.07, 6.45) is 6.57. The van der Waals surface area contributed by atoms with Crippen LogP contribution in [0.5, 0.6) is 0 Å². The number of carbonyl (C=O) groups excluding carboxylic acids is 2. The minimum absolute atomic E-state index is 0.140. The van der Waals surface area contributed by atoms with Gasteiger partial charge in [0.15, 0.2) is 11.5 Å². The van der Waals surface area contributed by atoms with Gasteiger partial charge in [-0.05, 0) is 24.3 Å². The highest BCUT2D eigenvalue weighted by Crippen LogP contribution is 2.18. The largest absolute Gasteiger partial charge is 0.355 e. The molecule has 0 saturated heterocycles. The fourth-order valence-corrected chi connectivity index (χ4v) is 2.07. The van der Waals surface area contributed by atoms with Crippen LogP contribution in [0.1, 0.15) is 16.9 Å². The average Bonchev–Trinajstić information content (AvgIpc) is 3.13. The monoisotopic (exact) mass is 337 g/mol. The highest BCUT2D eigenvalue weighted by molar-refractivity contribution is 5.94. The van der Waals surface area contributed by atoms with E-state index in [1.54, 1.807) is 49.1 Å². The van der Waals surface area contributed by atoms with Gasteiger partial charge in [0.05, 0.1) is 0 Å². The number of amides is 2. The first-order valence-electron chi connectivity index (χ1n) is 7.57. The second kappa shape index (κ2) is 7.82. The van der Waals surface area contributed by atoms with E-state index in [1.165, 1.54) is 6.07 Å². The molecule has 126 valence electrons. The number of carbonyl (C=O) groups is 2. The zero-order valence-electron chi connectivity index (χ0n) is 13.2. The van der Waals surface area contributed by atoms with Crippen LogP contribution in [0.2, 0.25) is 0 Å². The van der Waals surface area contributed by atoms with Gasteiger partial charge in [-0.1, -0.05) is 5.16 Å². The van der Waals surface area contributed by atoms with Crippen molar-refractivity contribution in [1.82, 2.24) is 20.4 Å². The molecule has 0 bridgehead atoms. The van der Waals surface area contributed by atoms with Gasteiger partial charge in [-0.3, -0.25) is 19.6 Å². The molecule has 0 aliphatic carbocycles. The van der Waals surface area contributed by atoms with Crippen molar-refractivity contribution in [2.45, 2.75) is 6.42 Å². The Morgan fingerprint density at radius 1 is 1.08 bits per heavy atom. The highest BCUT2D eigenvalue weighted by atomic mass is 16.5. The Morgan fingerprint density at radius 3 is 2.68 bits per heavy atom. The minimum Gasteiger partial charge on any atom is -0.355 e. The Morgan fingerprint density at radius 2 is 1.92 bits per heavy atom. The molecule has 0 aromatic carbocycles. The van der Waals surface area contributed by atoms with Crippen molar-refractivity contribution in [3.05, 3.63) is 60.8 Å². The van der Waals surface area contributed by atoms with Crippen molar-refractivity contribution in [2.24, 2.45) is 0 Å². The maximum Gasteiger partial charge on any atom is 0.273 e. The first-order valence-corrected chi connectivity index (χ1v) is 7.57. The zero-order chi connectivity index (χ0) is 17.5. The Kier molecular flexibility index (Phi) is 5.10. The van der Waals surface area contributed by atoms with Crippen molar-refractivity contribution >= 4 is 17.5 Å². The topological polar surface area (TPSA) is 110 Å². The van der Waals surface area contributed by atoms with Crippen LogP contribution in [-0.2, 0) is 4.79 Å². The Balaban J connectivity index is 1.48. The molecule has 8 heteroatoms. The molecule has 0 unspecified atom stereocenters. The molecule has 0 atom stereocenters. The number of anilines is 1. The fourth-order valence-electron chi connectivity index (χ4n) is 2.07. The van der Waals surface area contributed by atoms with E-state index in [-0.39, 0.29) is 24.6 Å². The molecular weight excluding hydrogens is 322 g/mol. The van der Waals surface area contributed by atoms with E-state index < -0.39 is 5.91 Å². The van der Waals surface area contributed by atoms with Gasteiger partial charge in [0, 0.05) is 55.1 Å². The van der Waals surface area contributed by atoms with Crippen molar-refractivity contribution in [1.29, 1.82) is 0 Å². The molecule has 25 heavy (non-hydrogen) atoms. The number of pyridine rings is 2. The van der Waals surface area contributed by atoms with Crippen LogP contribution < -0.4 is 10.6 Å². The summed E-state index contributed by atoms with van der Waals surface area (Å²) in [6, 6.07) is 8.47. The van der Waals surface area contributed by atoms with Gasteiger partial charge >= 0.3 is 0 Å². The Hall–Kier alpha value is -3.55. The lowest BCUT2D eigenvalue weighted by molar-refractivity contribution is -0.116. The highest BCUT2D eigenvalue weighted by Gasteiger charge is 2.14. The summed E-state index contributed by atoms with van der Waals surface area (Å²) in [5, 5.41) is 9.08. The summed E-state index contributed by atoms with van der Waals surface area (Å²) < 4.78 is 5.14. The van der Waals surface area contributed by atoms with Crippen LogP contribution in [0.4, 0.5) is 5.69 Å². The maximum absolute atomic E-state index is 12.0. The van der Waals surface area contributed by atoms with Crippen LogP contribution in [0.15, 0.2) is 59.6 Å². The molecule has 0 saturated carbocycles. The first kappa shape index (κ1) is 16.3.